The molecule has 0 fully saturated rings. The minimum atomic E-state index is -0.238. The van der Waals surface area contributed by atoms with Crippen LogP contribution < -0.4 is 0 Å². The molecule has 0 bridgehead atoms. The van der Waals surface area contributed by atoms with Crippen molar-refractivity contribution < 1.29 is 4.74 Å². The summed E-state index contributed by atoms with van der Waals surface area (Å²) in [6, 6.07) is 20.3. The third-order valence-corrected chi connectivity index (χ3v) is 2.99. The SMILES string of the molecule is CC.CC.CC.CC(C)(CC#Cc1ccccc1)OCc1ccccc1. The number of ether oxygens (including phenoxy) is 1. The summed E-state index contributed by atoms with van der Waals surface area (Å²) in [5.41, 5.74) is 2.00. The van der Waals surface area contributed by atoms with Crippen molar-refractivity contribution >= 4 is 0 Å². The molecule has 1 heteroatoms. The summed E-state index contributed by atoms with van der Waals surface area (Å²) >= 11 is 0. The fraction of sp³-hybridized carbons (Fsp3) is 0.440. The van der Waals surface area contributed by atoms with Gasteiger partial charge in [0, 0.05) is 12.0 Å². The first-order valence-electron chi connectivity index (χ1n) is 9.87. The summed E-state index contributed by atoms with van der Waals surface area (Å²) in [7, 11) is 0. The van der Waals surface area contributed by atoms with Crippen molar-refractivity contribution in [1.82, 2.24) is 0 Å². The third-order valence-electron chi connectivity index (χ3n) is 2.99. The van der Waals surface area contributed by atoms with Gasteiger partial charge in [-0.05, 0) is 31.5 Å². The first-order valence-corrected chi connectivity index (χ1v) is 9.87. The van der Waals surface area contributed by atoms with E-state index in [1.54, 1.807) is 0 Å². The molecule has 0 unspecified atom stereocenters. The van der Waals surface area contributed by atoms with Gasteiger partial charge in [-0.1, -0.05) is 102 Å². The molecular formula is C25H38O. The topological polar surface area (TPSA) is 9.23 Å². The van der Waals surface area contributed by atoms with Gasteiger partial charge in [0.05, 0.1) is 12.2 Å². The summed E-state index contributed by atoms with van der Waals surface area (Å²) in [4.78, 5) is 0. The Morgan fingerprint density at radius 2 is 1.19 bits per heavy atom. The molecule has 0 spiro atoms. The molecule has 0 amide bonds. The standard InChI is InChI=1S/C19H20O.3C2H6/c1-19(2,20-16-18-12-7-4-8-13-18)15-9-14-17-10-5-3-6-11-17;3*1-2/h3-8,10-13H,15-16H2,1-2H3;3*1-2H3. The fourth-order valence-corrected chi connectivity index (χ4v) is 1.78. The predicted molar refractivity (Wildman–Crippen MR) is 117 cm³/mol. The van der Waals surface area contributed by atoms with E-state index in [2.05, 4.69) is 37.8 Å². The molecule has 1 nitrogen and oxygen atoms in total. The molecule has 0 radical (unpaired) electrons. The van der Waals surface area contributed by atoms with Gasteiger partial charge in [-0.25, -0.2) is 0 Å². The second kappa shape index (κ2) is 17.8. The number of benzene rings is 2. The summed E-state index contributed by atoms with van der Waals surface area (Å²) in [6.45, 7) is 16.8. The molecule has 2 aromatic rings. The van der Waals surface area contributed by atoms with E-state index in [1.807, 2.05) is 90.1 Å². The lowest BCUT2D eigenvalue weighted by molar-refractivity contribution is -0.0253. The summed E-state index contributed by atoms with van der Waals surface area (Å²) in [5.74, 6) is 6.37. The zero-order valence-corrected chi connectivity index (χ0v) is 18.1. The molecule has 0 atom stereocenters. The van der Waals surface area contributed by atoms with Gasteiger partial charge in [0.1, 0.15) is 0 Å². The van der Waals surface area contributed by atoms with Crippen LogP contribution in [0.5, 0.6) is 0 Å². The van der Waals surface area contributed by atoms with Gasteiger partial charge in [0.2, 0.25) is 0 Å². The highest BCUT2D eigenvalue weighted by Crippen LogP contribution is 2.16. The fourth-order valence-electron chi connectivity index (χ4n) is 1.78. The summed E-state index contributed by atoms with van der Waals surface area (Å²) in [5, 5.41) is 0. The van der Waals surface area contributed by atoms with E-state index in [0.29, 0.717) is 13.0 Å². The van der Waals surface area contributed by atoms with Crippen LogP contribution in [-0.2, 0) is 11.3 Å². The minimum Gasteiger partial charge on any atom is -0.370 e. The summed E-state index contributed by atoms with van der Waals surface area (Å²) in [6.07, 6.45) is 0.717. The first-order chi connectivity index (χ1) is 12.7. The second-order valence-corrected chi connectivity index (χ2v) is 5.38. The van der Waals surface area contributed by atoms with E-state index in [0.717, 1.165) is 5.56 Å². The van der Waals surface area contributed by atoms with Crippen molar-refractivity contribution in [1.29, 1.82) is 0 Å². The van der Waals surface area contributed by atoms with E-state index in [9.17, 15) is 0 Å². The van der Waals surface area contributed by atoms with E-state index in [1.165, 1.54) is 5.56 Å². The van der Waals surface area contributed by atoms with Crippen LogP contribution in [0.1, 0.15) is 72.9 Å². The number of hydrogen-bond acceptors (Lipinski definition) is 1. The van der Waals surface area contributed by atoms with Crippen LogP contribution in [0.3, 0.4) is 0 Å². The van der Waals surface area contributed by atoms with Crippen molar-refractivity contribution in [3.63, 3.8) is 0 Å². The van der Waals surface area contributed by atoms with Crippen LogP contribution in [-0.4, -0.2) is 5.60 Å². The molecule has 144 valence electrons. The van der Waals surface area contributed by atoms with Crippen molar-refractivity contribution in [2.45, 2.75) is 74.0 Å². The number of hydrogen-bond donors (Lipinski definition) is 0. The van der Waals surface area contributed by atoms with Crippen LogP contribution in [0.15, 0.2) is 60.7 Å². The Labute approximate surface area is 162 Å². The molecule has 0 aliphatic heterocycles. The molecule has 0 aromatic heterocycles. The average molecular weight is 355 g/mol. The molecule has 0 aliphatic rings. The quantitative estimate of drug-likeness (QED) is 0.516. The first kappa shape index (κ1) is 26.2. The molecule has 26 heavy (non-hydrogen) atoms. The zero-order valence-electron chi connectivity index (χ0n) is 18.1. The third kappa shape index (κ3) is 13.3. The highest BCUT2D eigenvalue weighted by molar-refractivity contribution is 5.33. The Bertz CT molecular complexity index is 574. The monoisotopic (exact) mass is 354 g/mol. The van der Waals surface area contributed by atoms with Crippen molar-refractivity contribution in [3.8, 4) is 11.8 Å². The van der Waals surface area contributed by atoms with Gasteiger partial charge >= 0.3 is 0 Å². The lowest BCUT2D eigenvalue weighted by atomic mass is 10.0. The molecule has 0 N–H and O–H groups in total. The molecule has 0 saturated carbocycles. The van der Waals surface area contributed by atoms with Crippen molar-refractivity contribution in [2.24, 2.45) is 0 Å². The van der Waals surface area contributed by atoms with Gasteiger partial charge in [-0.3, -0.25) is 0 Å². The van der Waals surface area contributed by atoms with Crippen LogP contribution in [0.25, 0.3) is 0 Å². The normalized spacial score (nSPS) is 8.92. The van der Waals surface area contributed by atoms with Crippen LogP contribution in [0.2, 0.25) is 0 Å². The maximum absolute atomic E-state index is 5.95. The smallest absolute Gasteiger partial charge is 0.0739 e. The lowest BCUT2D eigenvalue weighted by Gasteiger charge is -2.22. The Morgan fingerprint density at radius 1 is 0.731 bits per heavy atom. The molecule has 2 aromatic carbocycles. The molecular weight excluding hydrogens is 316 g/mol. The highest BCUT2D eigenvalue weighted by atomic mass is 16.5. The van der Waals surface area contributed by atoms with E-state index in [4.69, 9.17) is 4.74 Å². The Balaban J connectivity index is 0. The van der Waals surface area contributed by atoms with Gasteiger partial charge in [0.15, 0.2) is 0 Å². The van der Waals surface area contributed by atoms with Crippen LogP contribution >= 0.6 is 0 Å². The van der Waals surface area contributed by atoms with Gasteiger partial charge in [-0.2, -0.15) is 0 Å². The predicted octanol–water partition coefficient (Wildman–Crippen LogP) is 7.50. The van der Waals surface area contributed by atoms with E-state index < -0.39 is 0 Å². The van der Waals surface area contributed by atoms with Crippen LogP contribution in [0, 0.1) is 11.8 Å². The number of rotatable bonds is 4. The van der Waals surface area contributed by atoms with Gasteiger partial charge < -0.3 is 4.74 Å². The van der Waals surface area contributed by atoms with Crippen molar-refractivity contribution in [2.75, 3.05) is 0 Å². The second-order valence-electron chi connectivity index (χ2n) is 5.38. The molecule has 0 aliphatic carbocycles. The molecule has 0 saturated heterocycles. The lowest BCUT2D eigenvalue weighted by Crippen LogP contribution is -2.23. The summed E-state index contributed by atoms with van der Waals surface area (Å²) < 4.78 is 5.95. The zero-order chi connectivity index (χ0) is 20.3. The molecule has 2 rings (SSSR count). The van der Waals surface area contributed by atoms with Gasteiger partial charge in [-0.15, -0.1) is 0 Å². The van der Waals surface area contributed by atoms with E-state index in [-0.39, 0.29) is 5.60 Å². The maximum Gasteiger partial charge on any atom is 0.0739 e. The molecule has 0 heterocycles. The minimum absolute atomic E-state index is 0.238. The van der Waals surface area contributed by atoms with Crippen molar-refractivity contribution in [3.05, 3.63) is 71.8 Å². The Kier molecular flexibility index (Phi) is 17.9. The highest BCUT2D eigenvalue weighted by Gasteiger charge is 2.16. The Morgan fingerprint density at radius 3 is 1.69 bits per heavy atom. The largest absolute Gasteiger partial charge is 0.370 e. The van der Waals surface area contributed by atoms with Crippen LogP contribution in [0.4, 0.5) is 0 Å². The van der Waals surface area contributed by atoms with E-state index >= 15 is 0 Å². The average Bonchev–Trinajstić information content (AvgIpc) is 2.73. The maximum atomic E-state index is 5.95. The van der Waals surface area contributed by atoms with Gasteiger partial charge in [0.25, 0.3) is 0 Å². The Hall–Kier alpha value is -2.04.